The van der Waals surface area contributed by atoms with Crippen molar-refractivity contribution in [3.63, 3.8) is 0 Å². The number of rotatable bonds is 4. The molecule has 0 unspecified atom stereocenters. The van der Waals surface area contributed by atoms with Gasteiger partial charge in [-0.05, 0) is 37.2 Å². The molecule has 3 rings (SSSR count). The maximum Gasteiger partial charge on any atom is 0.287 e. The molecular weight excluding hydrogens is 376 g/mol. The van der Waals surface area contributed by atoms with Crippen LogP contribution in [0.5, 0.6) is 0 Å². The van der Waals surface area contributed by atoms with Gasteiger partial charge in [0.1, 0.15) is 11.5 Å². The zero-order chi connectivity index (χ0) is 21.6. The zero-order valence-corrected chi connectivity index (χ0v) is 17.7. The van der Waals surface area contributed by atoms with Gasteiger partial charge in [0.05, 0.1) is 11.8 Å². The first-order chi connectivity index (χ1) is 13.4. The van der Waals surface area contributed by atoms with Gasteiger partial charge in [0.15, 0.2) is 0 Å². The number of nitrogens with two attached hydrogens (primary N) is 1. The van der Waals surface area contributed by atoms with E-state index < -0.39 is 11.8 Å². The van der Waals surface area contributed by atoms with Crippen molar-refractivity contribution in [2.45, 2.75) is 52.9 Å². The monoisotopic (exact) mass is 405 g/mol. The number of carbonyl (C=O) groups is 1. The predicted molar refractivity (Wildman–Crippen MR) is 109 cm³/mol. The number of hydrogen-bond donors (Lipinski definition) is 1. The van der Waals surface area contributed by atoms with Gasteiger partial charge in [0.2, 0.25) is 0 Å². The highest BCUT2D eigenvalue weighted by atomic mass is 19.3. The van der Waals surface area contributed by atoms with E-state index in [4.69, 9.17) is 5.73 Å². The fraction of sp³-hybridized carbons (Fsp3) is 0.571. The molecule has 158 valence electrons. The van der Waals surface area contributed by atoms with E-state index in [2.05, 4.69) is 23.9 Å². The first kappa shape index (κ1) is 21.2. The molecule has 1 amide bonds. The highest BCUT2D eigenvalue weighted by Crippen LogP contribution is 2.41. The lowest BCUT2D eigenvalue weighted by Crippen LogP contribution is -2.31. The number of hydrogen-bond acceptors (Lipinski definition) is 4. The smallest absolute Gasteiger partial charge is 0.287 e. The van der Waals surface area contributed by atoms with E-state index in [1.165, 1.54) is 10.9 Å². The third-order valence-corrected chi connectivity index (χ3v) is 5.72. The molecule has 1 aliphatic rings. The van der Waals surface area contributed by atoms with Gasteiger partial charge in [-0.1, -0.05) is 13.8 Å². The summed E-state index contributed by atoms with van der Waals surface area (Å²) in [7, 11) is 1.71. The van der Waals surface area contributed by atoms with E-state index >= 15 is 0 Å². The van der Waals surface area contributed by atoms with Gasteiger partial charge in [-0.25, -0.2) is 4.98 Å². The second-order valence-electron chi connectivity index (χ2n) is 8.82. The number of alkyl halides is 2. The number of carbonyl (C=O) groups excluding carboxylic acids is 1. The standard InChI is InChI=1S/C21H29F2N5O/c1-13-15(14-11-25-27(5)12-14)17(21(4,22)23)26-19(16(13)18(24)29)28-9-6-7-20(2,3)8-10-28/h11-12H,6-10H2,1-5H3,(H2,24,29). The third-order valence-electron chi connectivity index (χ3n) is 5.72. The van der Waals surface area contributed by atoms with E-state index in [9.17, 15) is 13.6 Å². The minimum Gasteiger partial charge on any atom is -0.365 e. The Kier molecular flexibility index (Phi) is 5.40. The molecule has 1 aliphatic heterocycles. The number of aryl methyl sites for hydroxylation is 1. The summed E-state index contributed by atoms with van der Waals surface area (Å²) < 4.78 is 30.8. The molecular formula is C21H29F2N5O. The van der Waals surface area contributed by atoms with Crippen LogP contribution in [0.3, 0.4) is 0 Å². The predicted octanol–water partition coefficient (Wildman–Crippen LogP) is 4.02. The Morgan fingerprint density at radius 3 is 2.52 bits per heavy atom. The van der Waals surface area contributed by atoms with Crippen LogP contribution < -0.4 is 10.6 Å². The van der Waals surface area contributed by atoms with Gasteiger partial charge in [-0.3, -0.25) is 9.48 Å². The van der Waals surface area contributed by atoms with Crippen LogP contribution >= 0.6 is 0 Å². The van der Waals surface area contributed by atoms with E-state index in [1.54, 1.807) is 20.2 Å². The van der Waals surface area contributed by atoms with Crippen molar-refractivity contribution in [3.05, 3.63) is 29.2 Å². The van der Waals surface area contributed by atoms with Crippen LogP contribution in [-0.2, 0) is 13.0 Å². The summed E-state index contributed by atoms with van der Waals surface area (Å²) in [6.07, 6.45) is 5.94. The molecule has 2 aromatic heterocycles. The molecule has 0 spiro atoms. The zero-order valence-electron chi connectivity index (χ0n) is 17.7. The molecule has 3 heterocycles. The molecule has 0 saturated carbocycles. The first-order valence-electron chi connectivity index (χ1n) is 9.87. The Hall–Kier alpha value is -2.51. The Morgan fingerprint density at radius 1 is 1.28 bits per heavy atom. The van der Waals surface area contributed by atoms with Gasteiger partial charge in [0.25, 0.3) is 11.8 Å². The summed E-state index contributed by atoms with van der Waals surface area (Å²) in [4.78, 5) is 18.7. The Bertz CT molecular complexity index is 930. The summed E-state index contributed by atoms with van der Waals surface area (Å²) in [5.41, 5.74) is 6.84. The maximum atomic E-state index is 14.6. The number of primary amides is 1. The topological polar surface area (TPSA) is 77.0 Å². The molecule has 0 aliphatic carbocycles. The van der Waals surface area contributed by atoms with E-state index in [0.717, 1.165) is 26.2 Å². The second kappa shape index (κ2) is 7.39. The number of nitrogens with zero attached hydrogens (tertiary/aromatic N) is 4. The quantitative estimate of drug-likeness (QED) is 0.834. The molecule has 6 nitrogen and oxygen atoms in total. The Morgan fingerprint density at radius 2 is 1.97 bits per heavy atom. The fourth-order valence-electron chi connectivity index (χ4n) is 4.07. The van der Waals surface area contributed by atoms with Gasteiger partial charge in [0, 0.05) is 44.4 Å². The van der Waals surface area contributed by atoms with Gasteiger partial charge >= 0.3 is 0 Å². The van der Waals surface area contributed by atoms with Crippen molar-refractivity contribution >= 4 is 11.7 Å². The average molecular weight is 405 g/mol. The Balaban J connectivity index is 2.24. The van der Waals surface area contributed by atoms with Crippen molar-refractivity contribution in [2.75, 3.05) is 18.0 Å². The van der Waals surface area contributed by atoms with Gasteiger partial charge in [-0.2, -0.15) is 13.9 Å². The molecule has 2 N–H and O–H groups in total. The van der Waals surface area contributed by atoms with Crippen LogP contribution in [0.2, 0.25) is 0 Å². The lowest BCUT2D eigenvalue weighted by molar-refractivity contribution is 0.0134. The number of halogens is 2. The van der Waals surface area contributed by atoms with E-state index in [0.29, 0.717) is 24.2 Å². The summed E-state index contributed by atoms with van der Waals surface area (Å²) in [5, 5.41) is 4.09. The van der Waals surface area contributed by atoms with Crippen LogP contribution in [0, 0.1) is 12.3 Å². The third kappa shape index (κ3) is 4.26. The molecule has 29 heavy (non-hydrogen) atoms. The van der Waals surface area contributed by atoms with Crippen molar-refractivity contribution in [1.29, 1.82) is 0 Å². The molecule has 0 aromatic carbocycles. The fourth-order valence-corrected chi connectivity index (χ4v) is 4.07. The molecule has 0 bridgehead atoms. The SMILES string of the molecule is Cc1c(C(N)=O)c(N2CCCC(C)(C)CC2)nc(C(C)(F)F)c1-c1cnn(C)c1. The summed E-state index contributed by atoms with van der Waals surface area (Å²) in [6, 6.07) is 0. The highest BCUT2D eigenvalue weighted by molar-refractivity contribution is 6.01. The van der Waals surface area contributed by atoms with Crippen molar-refractivity contribution in [3.8, 4) is 11.1 Å². The molecule has 0 atom stereocenters. The lowest BCUT2D eigenvalue weighted by Gasteiger charge is -2.28. The van der Waals surface area contributed by atoms with Crippen LogP contribution in [0.25, 0.3) is 11.1 Å². The molecule has 2 aromatic rings. The normalized spacial score (nSPS) is 17.3. The largest absolute Gasteiger partial charge is 0.365 e. The average Bonchev–Trinajstić information content (AvgIpc) is 2.92. The van der Waals surface area contributed by atoms with Crippen molar-refractivity contribution in [2.24, 2.45) is 18.2 Å². The van der Waals surface area contributed by atoms with E-state index in [1.807, 2.05) is 4.90 Å². The van der Waals surface area contributed by atoms with Crippen LogP contribution in [-0.4, -0.2) is 33.8 Å². The van der Waals surface area contributed by atoms with Crippen molar-refractivity contribution in [1.82, 2.24) is 14.8 Å². The first-order valence-corrected chi connectivity index (χ1v) is 9.87. The second-order valence-corrected chi connectivity index (χ2v) is 8.82. The minimum atomic E-state index is -3.19. The lowest BCUT2D eigenvalue weighted by atomic mass is 9.85. The maximum absolute atomic E-state index is 14.6. The molecule has 0 radical (unpaired) electrons. The highest BCUT2D eigenvalue weighted by Gasteiger charge is 2.36. The van der Waals surface area contributed by atoms with Crippen LogP contribution in [0.15, 0.2) is 12.4 Å². The van der Waals surface area contributed by atoms with Crippen LogP contribution in [0.1, 0.15) is 61.6 Å². The van der Waals surface area contributed by atoms with Crippen LogP contribution in [0.4, 0.5) is 14.6 Å². The minimum absolute atomic E-state index is 0.157. The number of pyridine rings is 1. The number of amides is 1. The Labute approximate surface area is 170 Å². The molecule has 8 heteroatoms. The summed E-state index contributed by atoms with van der Waals surface area (Å²) >= 11 is 0. The van der Waals surface area contributed by atoms with E-state index in [-0.39, 0.29) is 28.1 Å². The number of anilines is 1. The molecule has 1 saturated heterocycles. The summed E-state index contributed by atoms with van der Waals surface area (Å²) in [5.74, 6) is -3.59. The van der Waals surface area contributed by atoms with Gasteiger partial charge < -0.3 is 10.6 Å². The van der Waals surface area contributed by atoms with Crippen molar-refractivity contribution < 1.29 is 13.6 Å². The molecule has 1 fully saturated rings. The summed E-state index contributed by atoms with van der Waals surface area (Å²) in [6.45, 7) is 8.17. The van der Waals surface area contributed by atoms with Gasteiger partial charge in [-0.15, -0.1) is 0 Å². The number of aromatic nitrogens is 3.